The van der Waals surface area contributed by atoms with Crippen molar-refractivity contribution < 1.29 is 14.3 Å². The van der Waals surface area contributed by atoms with Gasteiger partial charge in [-0.05, 0) is 12.1 Å². The number of methoxy groups -OCH3 is 1. The average molecular weight is 208 g/mol. The van der Waals surface area contributed by atoms with Gasteiger partial charge < -0.3 is 9.47 Å². The Balaban J connectivity index is 2.55. The van der Waals surface area contributed by atoms with Crippen molar-refractivity contribution in [3.8, 4) is 0 Å². The Morgan fingerprint density at radius 1 is 1.33 bits per heavy atom. The van der Waals surface area contributed by atoms with E-state index in [0.717, 1.165) is 12.8 Å². The summed E-state index contributed by atoms with van der Waals surface area (Å²) in [5.41, 5.74) is 0.552. The Morgan fingerprint density at radius 3 is 2.53 bits per heavy atom. The maximum absolute atomic E-state index is 11.6. The van der Waals surface area contributed by atoms with E-state index in [4.69, 9.17) is 9.47 Å². The molecule has 0 aromatic heterocycles. The minimum atomic E-state index is -0.442. The van der Waals surface area contributed by atoms with Crippen molar-refractivity contribution in [2.75, 3.05) is 7.11 Å². The normalized spacial score (nSPS) is 12.1. The summed E-state index contributed by atoms with van der Waals surface area (Å²) in [5, 5.41) is 0. The molecule has 3 nitrogen and oxygen atoms in total. The molecule has 0 heterocycles. The molecule has 0 radical (unpaired) electrons. The number of hydrogen-bond donors (Lipinski definition) is 0. The molecular weight excluding hydrogens is 192 g/mol. The summed E-state index contributed by atoms with van der Waals surface area (Å²) in [7, 11) is 1.54. The van der Waals surface area contributed by atoms with Gasteiger partial charge in [0.1, 0.15) is 0 Å². The number of benzene rings is 1. The first kappa shape index (κ1) is 11.7. The average Bonchev–Trinajstić information content (AvgIpc) is 2.29. The second kappa shape index (κ2) is 6.19. The largest absolute Gasteiger partial charge is 0.432 e. The van der Waals surface area contributed by atoms with Crippen molar-refractivity contribution >= 4 is 5.97 Å². The fourth-order valence-corrected chi connectivity index (χ4v) is 1.22. The van der Waals surface area contributed by atoms with Crippen molar-refractivity contribution in [2.45, 2.75) is 26.1 Å². The van der Waals surface area contributed by atoms with Crippen molar-refractivity contribution in [1.82, 2.24) is 0 Å². The second-order valence-corrected chi connectivity index (χ2v) is 3.23. The molecule has 82 valence electrons. The first-order valence-corrected chi connectivity index (χ1v) is 5.06. The van der Waals surface area contributed by atoms with Crippen LogP contribution in [0.4, 0.5) is 0 Å². The number of carbonyl (C=O) groups excluding carboxylic acids is 1. The van der Waals surface area contributed by atoms with Gasteiger partial charge in [-0.15, -0.1) is 0 Å². The Morgan fingerprint density at radius 2 is 2.00 bits per heavy atom. The standard InChI is InChI=1S/C12H16O3/c1-3-7-11(14-2)15-12(13)10-8-5-4-6-9-10/h4-6,8-9,11H,3,7H2,1-2H3. The summed E-state index contributed by atoms with van der Waals surface area (Å²) >= 11 is 0. The van der Waals surface area contributed by atoms with Gasteiger partial charge in [-0.3, -0.25) is 0 Å². The van der Waals surface area contributed by atoms with Crippen LogP contribution in [0.3, 0.4) is 0 Å². The third-order valence-electron chi connectivity index (χ3n) is 2.04. The van der Waals surface area contributed by atoms with Crippen LogP contribution in [0.1, 0.15) is 30.1 Å². The highest BCUT2D eigenvalue weighted by atomic mass is 16.7. The minimum Gasteiger partial charge on any atom is -0.432 e. The van der Waals surface area contributed by atoms with Crippen LogP contribution in [0.15, 0.2) is 30.3 Å². The highest BCUT2D eigenvalue weighted by Gasteiger charge is 2.13. The highest BCUT2D eigenvalue weighted by Crippen LogP contribution is 2.08. The first-order valence-electron chi connectivity index (χ1n) is 5.06. The molecule has 0 N–H and O–H groups in total. The van der Waals surface area contributed by atoms with Gasteiger partial charge in [-0.1, -0.05) is 31.5 Å². The monoisotopic (exact) mass is 208 g/mol. The predicted octanol–water partition coefficient (Wildman–Crippen LogP) is 2.62. The van der Waals surface area contributed by atoms with Crippen LogP contribution in [0, 0.1) is 0 Å². The molecule has 15 heavy (non-hydrogen) atoms. The minimum absolute atomic E-state index is 0.337. The van der Waals surface area contributed by atoms with Crippen LogP contribution in [0.2, 0.25) is 0 Å². The van der Waals surface area contributed by atoms with Crippen LogP contribution in [0.5, 0.6) is 0 Å². The van der Waals surface area contributed by atoms with Gasteiger partial charge in [0.2, 0.25) is 6.29 Å². The number of carbonyl (C=O) groups is 1. The van der Waals surface area contributed by atoms with E-state index < -0.39 is 6.29 Å². The van der Waals surface area contributed by atoms with E-state index >= 15 is 0 Å². The number of ether oxygens (including phenoxy) is 2. The lowest BCUT2D eigenvalue weighted by molar-refractivity contribution is -0.0933. The third-order valence-corrected chi connectivity index (χ3v) is 2.04. The van der Waals surface area contributed by atoms with E-state index in [9.17, 15) is 4.79 Å². The molecule has 3 heteroatoms. The van der Waals surface area contributed by atoms with Gasteiger partial charge in [-0.2, -0.15) is 0 Å². The van der Waals surface area contributed by atoms with Gasteiger partial charge in [0, 0.05) is 13.5 Å². The SMILES string of the molecule is CCCC(OC)OC(=O)c1ccccc1. The molecule has 0 spiro atoms. The van der Waals surface area contributed by atoms with Crippen LogP contribution in [-0.2, 0) is 9.47 Å². The molecular formula is C12H16O3. The van der Waals surface area contributed by atoms with E-state index in [0.29, 0.717) is 5.56 Å². The molecule has 1 aromatic rings. The lowest BCUT2D eigenvalue weighted by Crippen LogP contribution is -2.19. The van der Waals surface area contributed by atoms with Gasteiger partial charge in [0.25, 0.3) is 0 Å². The predicted molar refractivity (Wildman–Crippen MR) is 57.6 cm³/mol. The lowest BCUT2D eigenvalue weighted by atomic mass is 10.2. The van der Waals surface area contributed by atoms with Crippen LogP contribution in [0.25, 0.3) is 0 Å². The first-order chi connectivity index (χ1) is 7.27. The zero-order valence-corrected chi connectivity index (χ0v) is 9.10. The summed E-state index contributed by atoms with van der Waals surface area (Å²) in [6.07, 6.45) is 1.19. The molecule has 0 bridgehead atoms. The molecule has 0 saturated heterocycles. The van der Waals surface area contributed by atoms with Crippen LogP contribution in [-0.4, -0.2) is 19.4 Å². The van der Waals surface area contributed by atoms with E-state index in [1.165, 1.54) is 0 Å². The quantitative estimate of drug-likeness (QED) is 0.551. The summed E-state index contributed by atoms with van der Waals surface area (Å²) in [6.45, 7) is 2.02. The highest BCUT2D eigenvalue weighted by molar-refractivity contribution is 5.89. The molecule has 0 amide bonds. The van der Waals surface area contributed by atoms with E-state index in [1.807, 2.05) is 13.0 Å². The Kier molecular flexibility index (Phi) is 4.84. The maximum Gasteiger partial charge on any atom is 0.340 e. The van der Waals surface area contributed by atoms with Crippen molar-refractivity contribution in [3.63, 3.8) is 0 Å². The topological polar surface area (TPSA) is 35.5 Å². The van der Waals surface area contributed by atoms with Crippen molar-refractivity contribution in [2.24, 2.45) is 0 Å². The summed E-state index contributed by atoms with van der Waals surface area (Å²) in [5.74, 6) is -0.337. The molecule has 0 aliphatic rings. The molecule has 0 aliphatic carbocycles. The van der Waals surface area contributed by atoms with Gasteiger partial charge in [-0.25, -0.2) is 4.79 Å². The van der Waals surface area contributed by atoms with Crippen molar-refractivity contribution in [1.29, 1.82) is 0 Å². The zero-order chi connectivity index (χ0) is 11.1. The molecule has 0 saturated carbocycles. The lowest BCUT2D eigenvalue weighted by Gasteiger charge is -2.14. The molecule has 1 rings (SSSR count). The fourth-order valence-electron chi connectivity index (χ4n) is 1.22. The van der Waals surface area contributed by atoms with E-state index in [2.05, 4.69) is 0 Å². The molecule has 1 unspecified atom stereocenters. The Bertz CT molecular complexity index is 295. The Labute approximate surface area is 90.0 Å². The smallest absolute Gasteiger partial charge is 0.340 e. The molecule has 1 atom stereocenters. The van der Waals surface area contributed by atoms with Gasteiger partial charge >= 0.3 is 5.97 Å². The number of rotatable bonds is 5. The fraction of sp³-hybridized carbons (Fsp3) is 0.417. The second-order valence-electron chi connectivity index (χ2n) is 3.23. The van der Waals surface area contributed by atoms with E-state index in [-0.39, 0.29) is 5.97 Å². The molecule has 0 aliphatic heterocycles. The molecule has 1 aromatic carbocycles. The third kappa shape index (κ3) is 3.72. The van der Waals surface area contributed by atoms with Gasteiger partial charge in [0.05, 0.1) is 5.56 Å². The molecule has 0 fully saturated rings. The van der Waals surface area contributed by atoms with Crippen LogP contribution < -0.4 is 0 Å². The maximum atomic E-state index is 11.6. The van der Waals surface area contributed by atoms with Crippen LogP contribution >= 0.6 is 0 Å². The van der Waals surface area contributed by atoms with Gasteiger partial charge in [0.15, 0.2) is 0 Å². The van der Waals surface area contributed by atoms with Crippen molar-refractivity contribution in [3.05, 3.63) is 35.9 Å². The number of esters is 1. The Hall–Kier alpha value is -1.35. The summed E-state index contributed by atoms with van der Waals surface area (Å²) < 4.78 is 10.2. The van der Waals surface area contributed by atoms with E-state index in [1.54, 1.807) is 31.4 Å². The summed E-state index contributed by atoms with van der Waals surface area (Å²) in [6, 6.07) is 8.91. The zero-order valence-electron chi connectivity index (χ0n) is 9.10. The number of hydrogen-bond acceptors (Lipinski definition) is 3. The summed E-state index contributed by atoms with van der Waals surface area (Å²) in [4.78, 5) is 11.6.